The minimum atomic E-state index is -1.38. The van der Waals surface area contributed by atoms with Gasteiger partial charge in [-0.25, -0.2) is 22.0 Å². The van der Waals surface area contributed by atoms with E-state index >= 15 is 0 Å². The Morgan fingerprint density at radius 3 is 2.28 bits per heavy atom. The Morgan fingerprint density at radius 1 is 1.00 bits per heavy atom. The van der Waals surface area contributed by atoms with Gasteiger partial charge in [0.2, 0.25) is 0 Å². The van der Waals surface area contributed by atoms with Crippen LogP contribution in [0.15, 0.2) is 36.7 Å². The van der Waals surface area contributed by atoms with Crippen molar-refractivity contribution in [1.82, 2.24) is 0 Å². The first-order chi connectivity index (χ1) is 15.4. The van der Waals surface area contributed by atoms with E-state index in [1.807, 2.05) is 0 Å². The molecule has 0 amide bonds. The van der Waals surface area contributed by atoms with Crippen LogP contribution < -0.4 is 0 Å². The quantitative estimate of drug-likeness (QED) is 0.205. The van der Waals surface area contributed by atoms with Gasteiger partial charge in [-0.15, -0.1) is 0 Å². The first-order valence-corrected chi connectivity index (χ1v) is 13.1. The molecule has 0 bridgehead atoms. The van der Waals surface area contributed by atoms with E-state index in [-0.39, 0.29) is 23.4 Å². The molecule has 0 saturated carbocycles. The summed E-state index contributed by atoms with van der Waals surface area (Å²) >= 11 is 0. The summed E-state index contributed by atoms with van der Waals surface area (Å²) in [6.45, 7) is 0.805. The van der Waals surface area contributed by atoms with Gasteiger partial charge in [0.15, 0.2) is 5.83 Å². The molecule has 1 nitrogen and oxygen atoms in total. The predicted octanol–water partition coefficient (Wildman–Crippen LogP) is 8.20. The third kappa shape index (κ3) is 6.07. The van der Waals surface area contributed by atoms with Crippen LogP contribution in [0.3, 0.4) is 0 Å². The van der Waals surface area contributed by atoms with E-state index in [9.17, 15) is 22.0 Å². The topological polar surface area (TPSA) is 9.23 Å². The van der Waals surface area contributed by atoms with Gasteiger partial charge in [0, 0.05) is 28.1 Å². The van der Waals surface area contributed by atoms with Crippen LogP contribution in [-0.2, 0) is 4.74 Å². The average molecular weight is 468 g/mol. The highest BCUT2D eigenvalue weighted by Crippen LogP contribution is 2.38. The summed E-state index contributed by atoms with van der Waals surface area (Å²) in [5, 5.41) is 0. The lowest BCUT2D eigenvalue weighted by atomic mass is 9.91. The Morgan fingerprint density at radius 2 is 1.69 bits per heavy atom. The number of ether oxygens (including phenoxy) is 1. The summed E-state index contributed by atoms with van der Waals surface area (Å²) in [4.78, 5) is 0. The van der Waals surface area contributed by atoms with Gasteiger partial charge in [0.05, 0.1) is 5.56 Å². The van der Waals surface area contributed by atoms with Crippen LogP contribution >= 0.6 is 0 Å². The van der Waals surface area contributed by atoms with Crippen molar-refractivity contribution >= 4 is 14.6 Å². The van der Waals surface area contributed by atoms with Gasteiger partial charge in [-0.05, 0) is 60.6 Å². The molecular formula is C25H28F5OSi. The molecule has 0 spiro atoms. The molecule has 1 heterocycles. The fourth-order valence-electron chi connectivity index (χ4n) is 4.43. The van der Waals surface area contributed by atoms with Crippen molar-refractivity contribution in [3.63, 3.8) is 0 Å². The molecular weight excluding hydrogens is 439 g/mol. The van der Waals surface area contributed by atoms with Crippen LogP contribution in [0, 0.1) is 17.5 Å². The molecule has 1 aliphatic heterocycles. The van der Waals surface area contributed by atoms with E-state index in [0.717, 1.165) is 50.1 Å². The molecule has 0 N–H and O–H groups in total. The number of hydrogen-bond donors (Lipinski definition) is 0. The summed E-state index contributed by atoms with van der Waals surface area (Å²) in [7, 11) is 1.32. The summed E-state index contributed by atoms with van der Waals surface area (Å²) < 4.78 is 74.5. The highest BCUT2D eigenvalue weighted by Gasteiger charge is 2.25. The Kier molecular flexibility index (Phi) is 9.05. The minimum absolute atomic E-state index is 0.0536. The molecule has 3 rings (SSSR count). The lowest BCUT2D eigenvalue weighted by molar-refractivity contribution is 0.192. The van der Waals surface area contributed by atoms with Crippen molar-refractivity contribution in [2.24, 2.45) is 0 Å². The van der Waals surface area contributed by atoms with Crippen molar-refractivity contribution < 1.29 is 26.7 Å². The largest absolute Gasteiger partial charge is 0.385 e. The van der Waals surface area contributed by atoms with Crippen LogP contribution in [-0.4, -0.2) is 22.5 Å². The Balaban J connectivity index is 1.66. The maximum atomic E-state index is 14.8. The van der Waals surface area contributed by atoms with Crippen LogP contribution in [0.2, 0.25) is 18.1 Å². The summed E-state index contributed by atoms with van der Waals surface area (Å²) in [5.74, 6) is -3.89. The Hall–Kier alpha value is -1.99. The molecule has 0 aromatic heterocycles. The molecule has 1 radical (unpaired) electrons. The number of methoxy groups -OCH3 is 1. The molecule has 1 fully saturated rings. The second-order valence-corrected chi connectivity index (χ2v) is 11.3. The van der Waals surface area contributed by atoms with E-state index in [2.05, 4.69) is 0 Å². The van der Waals surface area contributed by atoms with Crippen molar-refractivity contribution in [1.29, 1.82) is 0 Å². The van der Waals surface area contributed by atoms with E-state index in [0.29, 0.717) is 5.56 Å². The van der Waals surface area contributed by atoms with Gasteiger partial charge in [-0.1, -0.05) is 37.0 Å². The molecule has 2 aromatic carbocycles. The van der Waals surface area contributed by atoms with Gasteiger partial charge in [0.1, 0.15) is 23.8 Å². The third-order valence-electron chi connectivity index (χ3n) is 6.22. The van der Waals surface area contributed by atoms with Gasteiger partial charge >= 0.3 is 0 Å². The lowest BCUT2D eigenvalue weighted by Crippen LogP contribution is -2.20. The van der Waals surface area contributed by atoms with Crippen molar-refractivity contribution in [3.05, 3.63) is 65.2 Å². The van der Waals surface area contributed by atoms with Crippen LogP contribution in [0.25, 0.3) is 17.0 Å². The number of hydrogen-bond acceptors (Lipinski definition) is 1. The smallest absolute Gasteiger partial charge is 0.161 e. The van der Waals surface area contributed by atoms with E-state index in [4.69, 9.17) is 4.74 Å². The molecule has 0 atom stereocenters. The second kappa shape index (κ2) is 11.7. The fraction of sp³-hybridized carbons (Fsp3) is 0.440. The van der Waals surface area contributed by atoms with Gasteiger partial charge in [-0.2, -0.15) is 0 Å². The summed E-state index contributed by atoms with van der Waals surface area (Å²) in [6.07, 6.45) is 5.01. The molecule has 0 unspecified atom stereocenters. The lowest BCUT2D eigenvalue weighted by Gasteiger charge is -2.28. The van der Waals surface area contributed by atoms with Gasteiger partial charge < -0.3 is 4.74 Å². The standard InChI is InChI=1S/C25H28F5OSi/c1-31-9-3-2-4-10-32-11-7-17(8-12-32)19-14-22(28)25(23(29)15-19)18-5-6-20(21(27)13-18)24(30)16-26/h5-6,13-17H,2-4,7-12H2,1H3. The second-order valence-electron chi connectivity index (χ2n) is 8.34. The molecule has 0 aliphatic carbocycles. The summed E-state index contributed by atoms with van der Waals surface area (Å²) in [6, 6.07) is 9.21. The molecule has 1 saturated heterocycles. The number of unbranched alkanes of at least 4 members (excludes halogenated alkanes) is 2. The molecule has 173 valence electrons. The number of halogens is 5. The van der Waals surface area contributed by atoms with E-state index in [1.54, 1.807) is 7.11 Å². The minimum Gasteiger partial charge on any atom is -0.385 e. The fourth-order valence-corrected chi connectivity index (χ4v) is 7.45. The van der Waals surface area contributed by atoms with E-state index < -0.39 is 37.6 Å². The maximum absolute atomic E-state index is 14.8. The SMILES string of the molecule is COCCCCC[Si]1CCC(c2cc(F)c(-c3ccc(C(F)=CF)c(F)c3)c(F)c2)CC1. The van der Waals surface area contributed by atoms with Gasteiger partial charge in [0.25, 0.3) is 0 Å². The Labute approximate surface area is 187 Å². The Bertz CT molecular complexity index is 915. The van der Waals surface area contributed by atoms with Gasteiger partial charge in [-0.3, -0.25) is 0 Å². The third-order valence-corrected chi connectivity index (χ3v) is 9.27. The monoisotopic (exact) mass is 467 g/mol. The first-order valence-electron chi connectivity index (χ1n) is 11.0. The van der Waals surface area contributed by atoms with E-state index in [1.165, 1.54) is 37.1 Å². The van der Waals surface area contributed by atoms with Crippen LogP contribution in [0.4, 0.5) is 22.0 Å². The number of rotatable bonds is 9. The average Bonchev–Trinajstić information content (AvgIpc) is 2.78. The van der Waals surface area contributed by atoms with Crippen molar-refractivity contribution in [2.75, 3.05) is 13.7 Å². The zero-order valence-corrected chi connectivity index (χ0v) is 19.2. The zero-order chi connectivity index (χ0) is 23.1. The highest BCUT2D eigenvalue weighted by atomic mass is 28.3. The van der Waals surface area contributed by atoms with Crippen molar-refractivity contribution in [3.8, 4) is 11.1 Å². The van der Waals surface area contributed by atoms with Crippen LogP contribution in [0.5, 0.6) is 0 Å². The molecule has 32 heavy (non-hydrogen) atoms. The molecule has 1 aliphatic rings. The molecule has 7 heteroatoms. The highest BCUT2D eigenvalue weighted by molar-refractivity contribution is 6.59. The van der Waals surface area contributed by atoms with Crippen molar-refractivity contribution in [2.45, 2.75) is 56.2 Å². The zero-order valence-electron chi connectivity index (χ0n) is 18.2. The predicted molar refractivity (Wildman–Crippen MR) is 120 cm³/mol. The summed E-state index contributed by atoms with van der Waals surface area (Å²) in [5.41, 5.74) is -0.372. The first kappa shape index (κ1) is 24.6. The number of benzene rings is 2. The maximum Gasteiger partial charge on any atom is 0.161 e. The van der Waals surface area contributed by atoms with Crippen LogP contribution in [0.1, 0.15) is 49.1 Å². The molecule has 2 aromatic rings. The normalized spacial score (nSPS) is 16.0.